The second-order valence-electron chi connectivity index (χ2n) is 4.59. The highest BCUT2D eigenvalue weighted by molar-refractivity contribution is 7.89. The molecule has 2 unspecified atom stereocenters. The molecule has 2 rings (SSSR count). The molecule has 2 heterocycles. The van der Waals surface area contributed by atoms with Crippen molar-refractivity contribution >= 4 is 21.6 Å². The summed E-state index contributed by atoms with van der Waals surface area (Å²) in [5.74, 6) is 0.0868. The molecule has 0 aromatic carbocycles. The zero-order valence-corrected chi connectivity index (χ0v) is 11.0. The fraction of sp³-hybridized carbons (Fsp3) is 1.00. The van der Waals surface area contributed by atoms with Crippen LogP contribution in [0.15, 0.2) is 0 Å². The van der Waals surface area contributed by atoms with Crippen molar-refractivity contribution in [1.29, 1.82) is 0 Å². The molecule has 0 aromatic rings. The Morgan fingerprint density at radius 2 is 1.88 bits per heavy atom. The molecule has 0 amide bonds. The van der Waals surface area contributed by atoms with Crippen molar-refractivity contribution in [3.8, 4) is 0 Å². The van der Waals surface area contributed by atoms with Gasteiger partial charge in [0.15, 0.2) is 0 Å². The minimum absolute atomic E-state index is 0.0868. The lowest BCUT2D eigenvalue weighted by molar-refractivity contribution is 0.209. The van der Waals surface area contributed by atoms with Gasteiger partial charge in [0.1, 0.15) is 0 Å². The maximum atomic E-state index is 12.1. The van der Waals surface area contributed by atoms with Gasteiger partial charge in [-0.1, -0.05) is 0 Å². The molecule has 0 N–H and O–H groups in total. The molecule has 0 aliphatic carbocycles. The average Bonchev–Trinajstić information content (AvgIpc) is 2.50. The lowest BCUT2D eigenvalue weighted by Crippen LogP contribution is -2.48. The first kappa shape index (κ1) is 12.6. The summed E-state index contributed by atoms with van der Waals surface area (Å²) in [7, 11) is -1.63. The van der Waals surface area contributed by atoms with Gasteiger partial charge in [-0.25, -0.2) is 8.42 Å². The summed E-state index contributed by atoms with van der Waals surface area (Å²) in [5.41, 5.74) is 0. The second-order valence-corrected chi connectivity index (χ2v) is 7.20. The van der Waals surface area contributed by atoms with Crippen LogP contribution in [-0.4, -0.2) is 49.7 Å². The molecule has 4 nitrogen and oxygen atoms in total. The number of hydrogen-bond donors (Lipinski definition) is 0. The molecule has 16 heavy (non-hydrogen) atoms. The van der Waals surface area contributed by atoms with Crippen LogP contribution in [0, 0.1) is 0 Å². The summed E-state index contributed by atoms with van der Waals surface area (Å²) < 4.78 is 30.8. The normalized spacial score (nSPS) is 35.5. The Bertz CT molecular complexity index is 332. The van der Waals surface area contributed by atoms with Crippen molar-refractivity contribution in [1.82, 2.24) is 4.31 Å². The highest BCUT2D eigenvalue weighted by Crippen LogP contribution is 2.39. The van der Waals surface area contributed by atoms with E-state index in [2.05, 4.69) is 0 Å². The standard InChI is InChI=1S/C10H18ClNO3S/c1-15-4-5-16(13,14)12-9-2-3-10(12)7-8(11)6-9/h8-10H,2-7H2,1H3. The van der Waals surface area contributed by atoms with Gasteiger partial charge in [0.25, 0.3) is 0 Å². The van der Waals surface area contributed by atoms with Crippen LogP contribution in [0.1, 0.15) is 25.7 Å². The maximum Gasteiger partial charge on any atom is 0.216 e. The Morgan fingerprint density at radius 1 is 1.31 bits per heavy atom. The molecule has 0 spiro atoms. The number of hydrogen-bond acceptors (Lipinski definition) is 3. The number of fused-ring (bicyclic) bond motifs is 2. The molecule has 2 saturated heterocycles. The summed E-state index contributed by atoms with van der Waals surface area (Å²) >= 11 is 6.12. The van der Waals surface area contributed by atoms with E-state index < -0.39 is 10.0 Å². The summed E-state index contributed by atoms with van der Waals surface area (Å²) in [6.07, 6.45) is 3.51. The zero-order valence-electron chi connectivity index (χ0n) is 9.43. The molecule has 2 fully saturated rings. The summed E-state index contributed by atoms with van der Waals surface area (Å²) in [6, 6.07) is 0.256. The summed E-state index contributed by atoms with van der Waals surface area (Å²) in [5, 5.41) is 0.145. The molecule has 94 valence electrons. The smallest absolute Gasteiger partial charge is 0.216 e. The third-order valence-electron chi connectivity index (χ3n) is 3.48. The Hall–Kier alpha value is 0.160. The first-order valence-electron chi connectivity index (χ1n) is 5.69. The molecular weight excluding hydrogens is 250 g/mol. The van der Waals surface area contributed by atoms with Crippen molar-refractivity contribution in [2.45, 2.75) is 43.1 Å². The number of methoxy groups -OCH3 is 1. The molecule has 0 radical (unpaired) electrons. The molecule has 2 aliphatic heterocycles. The van der Waals surface area contributed by atoms with E-state index in [4.69, 9.17) is 16.3 Å². The van der Waals surface area contributed by atoms with E-state index in [0.717, 1.165) is 25.7 Å². The van der Waals surface area contributed by atoms with Gasteiger partial charge < -0.3 is 4.74 Å². The van der Waals surface area contributed by atoms with Crippen LogP contribution in [0.5, 0.6) is 0 Å². The lowest BCUT2D eigenvalue weighted by Gasteiger charge is -2.35. The fourth-order valence-electron chi connectivity index (χ4n) is 2.82. The van der Waals surface area contributed by atoms with Crippen LogP contribution in [0.25, 0.3) is 0 Å². The Labute approximate surface area is 102 Å². The van der Waals surface area contributed by atoms with Gasteiger partial charge >= 0.3 is 0 Å². The van der Waals surface area contributed by atoms with Gasteiger partial charge in [-0.3, -0.25) is 0 Å². The number of alkyl halides is 1. The molecule has 2 bridgehead atoms. The van der Waals surface area contributed by atoms with Crippen molar-refractivity contribution in [3.63, 3.8) is 0 Å². The molecule has 0 aromatic heterocycles. The number of nitrogens with zero attached hydrogens (tertiary/aromatic N) is 1. The number of halogens is 1. The third kappa shape index (κ3) is 2.37. The van der Waals surface area contributed by atoms with Gasteiger partial charge in [0.2, 0.25) is 10.0 Å². The molecule has 0 saturated carbocycles. The van der Waals surface area contributed by atoms with Crippen LogP contribution >= 0.6 is 11.6 Å². The monoisotopic (exact) mass is 267 g/mol. The topological polar surface area (TPSA) is 46.6 Å². The summed E-state index contributed by atoms with van der Waals surface area (Å²) in [6.45, 7) is 0.266. The quantitative estimate of drug-likeness (QED) is 0.719. The van der Waals surface area contributed by atoms with Crippen LogP contribution < -0.4 is 0 Å². The third-order valence-corrected chi connectivity index (χ3v) is 5.75. The molecule has 6 heteroatoms. The predicted molar refractivity (Wildman–Crippen MR) is 63.2 cm³/mol. The minimum atomic E-state index is -3.16. The summed E-state index contributed by atoms with van der Waals surface area (Å²) in [4.78, 5) is 0. The van der Waals surface area contributed by atoms with E-state index in [1.807, 2.05) is 0 Å². The van der Waals surface area contributed by atoms with Gasteiger partial charge in [0, 0.05) is 24.6 Å². The first-order valence-corrected chi connectivity index (χ1v) is 7.73. The first-order chi connectivity index (χ1) is 7.54. The Morgan fingerprint density at radius 3 is 2.38 bits per heavy atom. The number of sulfonamides is 1. The Balaban J connectivity index is 2.10. The van der Waals surface area contributed by atoms with Crippen molar-refractivity contribution < 1.29 is 13.2 Å². The van der Waals surface area contributed by atoms with Gasteiger partial charge in [-0.15, -0.1) is 11.6 Å². The van der Waals surface area contributed by atoms with Gasteiger partial charge in [0.05, 0.1) is 12.4 Å². The van der Waals surface area contributed by atoms with Crippen LogP contribution in [0.3, 0.4) is 0 Å². The van der Waals surface area contributed by atoms with Crippen molar-refractivity contribution in [3.05, 3.63) is 0 Å². The number of piperidine rings is 1. The maximum absolute atomic E-state index is 12.1. The second kappa shape index (κ2) is 4.80. The molecular formula is C10H18ClNO3S. The van der Waals surface area contributed by atoms with Crippen molar-refractivity contribution in [2.24, 2.45) is 0 Å². The van der Waals surface area contributed by atoms with Crippen LogP contribution in [0.4, 0.5) is 0 Å². The van der Waals surface area contributed by atoms with Crippen molar-refractivity contribution in [2.75, 3.05) is 19.5 Å². The highest BCUT2D eigenvalue weighted by atomic mass is 35.5. The lowest BCUT2D eigenvalue weighted by atomic mass is 10.1. The van der Waals surface area contributed by atoms with E-state index in [-0.39, 0.29) is 29.8 Å². The SMILES string of the molecule is COCCS(=O)(=O)N1C2CCC1CC(Cl)C2. The highest BCUT2D eigenvalue weighted by Gasteiger charge is 2.45. The van der Waals surface area contributed by atoms with E-state index in [9.17, 15) is 8.42 Å². The van der Waals surface area contributed by atoms with E-state index in [1.165, 1.54) is 7.11 Å². The molecule has 2 atom stereocenters. The fourth-order valence-corrected chi connectivity index (χ4v) is 5.11. The molecule has 2 aliphatic rings. The average molecular weight is 268 g/mol. The number of rotatable bonds is 4. The predicted octanol–water partition coefficient (Wildman–Crippen LogP) is 1.20. The van der Waals surface area contributed by atoms with Gasteiger partial charge in [-0.05, 0) is 25.7 Å². The Kier molecular flexibility index (Phi) is 3.79. The largest absolute Gasteiger partial charge is 0.384 e. The zero-order chi connectivity index (χ0) is 11.8. The van der Waals surface area contributed by atoms with E-state index >= 15 is 0 Å². The van der Waals surface area contributed by atoms with E-state index in [0.29, 0.717) is 0 Å². The van der Waals surface area contributed by atoms with E-state index in [1.54, 1.807) is 4.31 Å². The number of ether oxygens (including phenoxy) is 1. The van der Waals surface area contributed by atoms with Gasteiger partial charge in [-0.2, -0.15) is 4.31 Å². The van der Waals surface area contributed by atoms with Crippen LogP contribution in [-0.2, 0) is 14.8 Å². The minimum Gasteiger partial charge on any atom is -0.384 e. The van der Waals surface area contributed by atoms with Crippen LogP contribution in [0.2, 0.25) is 0 Å².